The van der Waals surface area contributed by atoms with Crippen molar-refractivity contribution in [2.75, 3.05) is 5.32 Å². The van der Waals surface area contributed by atoms with Gasteiger partial charge in [0.2, 0.25) is 0 Å². The van der Waals surface area contributed by atoms with Crippen molar-refractivity contribution in [3.63, 3.8) is 0 Å². The highest BCUT2D eigenvalue weighted by Crippen LogP contribution is 2.23. The molecule has 5 nitrogen and oxygen atoms in total. The van der Waals surface area contributed by atoms with Crippen molar-refractivity contribution in [3.05, 3.63) is 81.9 Å². The van der Waals surface area contributed by atoms with Crippen molar-refractivity contribution in [1.29, 1.82) is 0 Å². The van der Waals surface area contributed by atoms with Crippen LogP contribution in [0.25, 0.3) is 0 Å². The number of carbonyl (C=O) groups excluding carboxylic acids is 2. The Hall–Kier alpha value is -2.99. The average molecular weight is 365 g/mol. The Labute approximate surface area is 156 Å². The zero-order chi connectivity index (χ0) is 18.5. The van der Waals surface area contributed by atoms with Crippen molar-refractivity contribution in [3.8, 4) is 0 Å². The number of aryl methyl sites for hydroxylation is 2. The van der Waals surface area contributed by atoms with E-state index in [0.29, 0.717) is 27.8 Å². The minimum absolute atomic E-state index is 0.195. The number of rotatable bonds is 5. The molecule has 0 unspecified atom stereocenters. The van der Waals surface area contributed by atoms with E-state index in [1.54, 1.807) is 19.1 Å². The van der Waals surface area contributed by atoms with Gasteiger partial charge < -0.3 is 5.32 Å². The summed E-state index contributed by atoms with van der Waals surface area (Å²) in [5.41, 5.74) is 3.26. The highest BCUT2D eigenvalue weighted by molar-refractivity contribution is 7.17. The molecule has 0 saturated carbocycles. The summed E-state index contributed by atoms with van der Waals surface area (Å²) in [4.78, 5) is 29.5. The molecule has 1 aromatic heterocycles. The van der Waals surface area contributed by atoms with Crippen LogP contribution in [0.3, 0.4) is 0 Å². The molecule has 0 aliphatic heterocycles. The molecular formula is C20H19N3O2S. The molecular weight excluding hydrogens is 346 g/mol. The number of nitrogens with zero attached hydrogens (tertiary/aromatic N) is 1. The van der Waals surface area contributed by atoms with Crippen molar-refractivity contribution < 1.29 is 9.59 Å². The number of anilines is 1. The van der Waals surface area contributed by atoms with Gasteiger partial charge in [0, 0.05) is 12.1 Å². The summed E-state index contributed by atoms with van der Waals surface area (Å²) in [7, 11) is 0. The molecule has 0 aliphatic rings. The van der Waals surface area contributed by atoms with Crippen LogP contribution in [-0.4, -0.2) is 16.8 Å². The van der Waals surface area contributed by atoms with Crippen LogP contribution in [0.1, 0.15) is 36.9 Å². The molecule has 0 atom stereocenters. The minimum Gasteiger partial charge on any atom is -0.347 e. The maximum absolute atomic E-state index is 12.4. The molecule has 0 bridgehead atoms. The molecule has 2 amide bonds. The van der Waals surface area contributed by atoms with E-state index in [4.69, 9.17) is 0 Å². The highest BCUT2D eigenvalue weighted by atomic mass is 32.1. The van der Waals surface area contributed by atoms with E-state index >= 15 is 0 Å². The highest BCUT2D eigenvalue weighted by Gasteiger charge is 2.17. The Balaban J connectivity index is 1.65. The van der Waals surface area contributed by atoms with Gasteiger partial charge in [-0.25, -0.2) is 4.98 Å². The molecule has 0 aliphatic carbocycles. The maximum Gasteiger partial charge on any atom is 0.263 e. The third-order valence-electron chi connectivity index (χ3n) is 3.83. The molecule has 0 radical (unpaired) electrons. The van der Waals surface area contributed by atoms with E-state index in [9.17, 15) is 9.59 Å². The Kier molecular flexibility index (Phi) is 5.43. The zero-order valence-corrected chi connectivity index (χ0v) is 15.4. The molecule has 1 heterocycles. The monoisotopic (exact) mass is 365 g/mol. The van der Waals surface area contributed by atoms with Gasteiger partial charge in [-0.1, -0.05) is 59.4 Å². The molecule has 2 N–H and O–H groups in total. The Bertz CT molecular complexity index is 918. The maximum atomic E-state index is 12.4. The van der Waals surface area contributed by atoms with Gasteiger partial charge in [0.1, 0.15) is 4.88 Å². The van der Waals surface area contributed by atoms with Gasteiger partial charge in [-0.05, 0) is 31.5 Å². The van der Waals surface area contributed by atoms with Crippen LogP contribution in [0.4, 0.5) is 5.13 Å². The molecule has 0 saturated heterocycles. The number of nitrogens with one attached hydrogen (secondary N) is 2. The van der Waals surface area contributed by atoms with Gasteiger partial charge in [0.05, 0.1) is 5.69 Å². The predicted octanol–water partition coefficient (Wildman–Crippen LogP) is 3.94. The van der Waals surface area contributed by atoms with Gasteiger partial charge in [-0.2, -0.15) is 0 Å². The summed E-state index contributed by atoms with van der Waals surface area (Å²) in [6, 6.07) is 17.0. The Morgan fingerprint density at radius 3 is 2.35 bits per heavy atom. The number of amides is 2. The van der Waals surface area contributed by atoms with E-state index in [1.807, 2.05) is 49.4 Å². The normalized spacial score (nSPS) is 10.4. The first kappa shape index (κ1) is 17.8. The van der Waals surface area contributed by atoms with E-state index in [0.717, 1.165) is 11.1 Å². The average Bonchev–Trinajstić information content (AvgIpc) is 3.01. The smallest absolute Gasteiger partial charge is 0.263 e. The van der Waals surface area contributed by atoms with Crippen molar-refractivity contribution in [2.24, 2.45) is 0 Å². The van der Waals surface area contributed by atoms with Crippen LogP contribution < -0.4 is 10.6 Å². The fraction of sp³-hybridized carbons (Fsp3) is 0.150. The van der Waals surface area contributed by atoms with E-state index in [1.165, 1.54) is 11.3 Å². The summed E-state index contributed by atoms with van der Waals surface area (Å²) in [6.07, 6.45) is 0. The predicted molar refractivity (Wildman–Crippen MR) is 104 cm³/mol. The van der Waals surface area contributed by atoms with Crippen LogP contribution in [0, 0.1) is 13.8 Å². The second kappa shape index (κ2) is 7.93. The molecule has 2 aromatic carbocycles. The standard InChI is InChI=1S/C20H19N3O2S/c1-13-8-10-16(11-9-13)18(24)23-20-22-14(2)17(26-20)19(25)21-12-15-6-4-3-5-7-15/h3-11H,12H2,1-2H3,(H,21,25)(H,22,23,24). The quantitative estimate of drug-likeness (QED) is 0.719. The lowest BCUT2D eigenvalue weighted by atomic mass is 10.1. The Morgan fingerprint density at radius 2 is 1.65 bits per heavy atom. The topological polar surface area (TPSA) is 71.1 Å². The van der Waals surface area contributed by atoms with E-state index in [2.05, 4.69) is 15.6 Å². The van der Waals surface area contributed by atoms with Crippen molar-refractivity contribution in [1.82, 2.24) is 10.3 Å². The van der Waals surface area contributed by atoms with E-state index in [-0.39, 0.29) is 11.8 Å². The summed E-state index contributed by atoms with van der Waals surface area (Å²) in [6.45, 7) is 4.17. The third kappa shape index (κ3) is 4.34. The lowest BCUT2D eigenvalue weighted by Gasteiger charge is -2.04. The third-order valence-corrected chi connectivity index (χ3v) is 4.90. The first-order valence-electron chi connectivity index (χ1n) is 8.20. The van der Waals surface area contributed by atoms with Crippen LogP contribution in [-0.2, 0) is 6.54 Å². The van der Waals surface area contributed by atoms with Gasteiger partial charge >= 0.3 is 0 Å². The van der Waals surface area contributed by atoms with Crippen molar-refractivity contribution in [2.45, 2.75) is 20.4 Å². The molecule has 0 fully saturated rings. The number of thiazole rings is 1. The number of carbonyl (C=O) groups is 2. The lowest BCUT2D eigenvalue weighted by Crippen LogP contribution is -2.22. The molecule has 0 spiro atoms. The van der Waals surface area contributed by atoms with Crippen molar-refractivity contribution >= 4 is 28.3 Å². The molecule has 26 heavy (non-hydrogen) atoms. The lowest BCUT2D eigenvalue weighted by molar-refractivity contribution is 0.0953. The summed E-state index contributed by atoms with van der Waals surface area (Å²) >= 11 is 1.17. The summed E-state index contributed by atoms with van der Waals surface area (Å²) in [5, 5.41) is 6.05. The van der Waals surface area contributed by atoms with Gasteiger partial charge in [-0.15, -0.1) is 0 Å². The van der Waals surface area contributed by atoms with Gasteiger partial charge in [-0.3, -0.25) is 14.9 Å². The number of benzene rings is 2. The Morgan fingerprint density at radius 1 is 0.962 bits per heavy atom. The second-order valence-electron chi connectivity index (χ2n) is 5.92. The van der Waals surface area contributed by atoms with Gasteiger partial charge in [0.15, 0.2) is 5.13 Å². The second-order valence-corrected chi connectivity index (χ2v) is 6.92. The first-order valence-corrected chi connectivity index (χ1v) is 9.02. The van der Waals surface area contributed by atoms with Crippen LogP contribution >= 0.6 is 11.3 Å². The van der Waals surface area contributed by atoms with Crippen LogP contribution in [0.2, 0.25) is 0 Å². The molecule has 132 valence electrons. The number of hydrogen-bond donors (Lipinski definition) is 2. The van der Waals surface area contributed by atoms with Crippen LogP contribution in [0.5, 0.6) is 0 Å². The molecule has 6 heteroatoms. The zero-order valence-electron chi connectivity index (χ0n) is 14.6. The fourth-order valence-electron chi connectivity index (χ4n) is 2.39. The summed E-state index contributed by atoms with van der Waals surface area (Å²) in [5.74, 6) is -0.435. The number of aromatic nitrogens is 1. The number of hydrogen-bond acceptors (Lipinski definition) is 4. The molecule has 3 rings (SSSR count). The molecule has 3 aromatic rings. The minimum atomic E-state index is -0.241. The largest absolute Gasteiger partial charge is 0.347 e. The fourth-order valence-corrected chi connectivity index (χ4v) is 3.27. The van der Waals surface area contributed by atoms with E-state index < -0.39 is 0 Å². The SMILES string of the molecule is Cc1ccc(C(=O)Nc2nc(C)c(C(=O)NCc3ccccc3)s2)cc1. The van der Waals surface area contributed by atoms with Gasteiger partial charge in [0.25, 0.3) is 11.8 Å². The van der Waals surface area contributed by atoms with Crippen LogP contribution in [0.15, 0.2) is 54.6 Å². The first-order chi connectivity index (χ1) is 12.5. The summed E-state index contributed by atoms with van der Waals surface area (Å²) < 4.78 is 0.